The van der Waals surface area contributed by atoms with Crippen LogP contribution in [0.5, 0.6) is 5.75 Å². The predicted molar refractivity (Wildman–Crippen MR) is 107 cm³/mol. The van der Waals surface area contributed by atoms with Gasteiger partial charge in [0.05, 0.1) is 7.11 Å². The van der Waals surface area contributed by atoms with Crippen LogP contribution in [0.1, 0.15) is 29.3 Å². The number of methoxy groups -OCH3 is 1. The molecule has 0 spiro atoms. The number of carbonyl (C=O) groups is 1. The van der Waals surface area contributed by atoms with E-state index in [1.165, 1.54) is 5.56 Å². The van der Waals surface area contributed by atoms with Crippen LogP contribution < -0.4 is 15.3 Å². The van der Waals surface area contributed by atoms with E-state index in [0.717, 1.165) is 34.8 Å². The zero-order valence-electron chi connectivity index (χ0n) is 14.7. The lowest BCUT2D eigenvalue weighted by Crippen LogP contribution is -2.15. The van der Waals surface area contributed by atoms with Crippen molar-refractivity contribution in [3.05, 3.63) is 77.9 Å². The second-order valence-electron chi connectivity index (χ2n) is 6.24. The predicted octanol–water partition coefficient (Wildman–Crippen LogP) is 4.20. The molecule has 0 bridgehead atoms. The Bertz CT molecular complexity index is 821. The Balaban J connectivity index is 1.89. The van der Waals surface area contributed by atoms with Crippen molar-refractivity contribution in [1.29, 1.82) is 0 Å². The second-order valence-corrected chi connectivity index (χ2v) is 7.57. The van der Waals surface area contributed by atoms with Gasteiger partial charge in [-0.1, -0.05) is 75.3 Å². The Kier molecular flexibility index (Phi) is 5.83. The van der Waals surface area contributed by atoms with Crippen LogP contribution in [0.15, 0.2) is 66.8 Å². The van der Waals surface area contributed by atoms with E-state index in [9.17, 15) is 4.79 Å². The lowest BCUT2D eigenvalue weighted by molar-refractivity contribution is 0.101. The number of ether oxygens (including phenoxy) is 1. The van der Waals surface area contributed by atoms with Gasteiger partial charge in [0.25, 0.3) is 0 Å². The van der Waals surface area contributed by atoms with Crippen molar-refractivity contribution in [1.82, 2.24) is 0 Å². The topological polar surface area (TPSA) is 26.3 Å². The highest BCUT2D eigenvalue weighted by Crippen LogP contribution is 2.28. The third-order valence-corrected chi connectivity index (χ3v) is 5.80. The Labute approximate surface area is 151 Å². The fourth-order valence-corrected chi connectivity index (χ4v) is 4.61. The molecule has 0 aromatic heterocycles. The highest BCUT2D eigenvalue weighted by atomic mass is 31.1. The molecule has 0 amide bonds. The van der Waals surface area contributed by atoms with Gasteiger partial charge >= 0.3 is 0 Å². The highest BCUT2D eigenvalue weighted by molar-refractivity contribution is 7.56. The summed E-state index contributed by atoms with van der Waals surface area (Å²) in [7, 11) is 2.14. The highest BCUT2D eigenvalue weighted by Gasteiger charge is 2.15. The summed E-state index contributed by atoms with van der Waals surface area (Å²) in [5.41, 5.74) is 2.03. The average molecular weight is 350 g/mol. The number of hydrogen-bond acceptors (Lipinski definition) is 2. The normalized spacial score (nSPS) is 16.5. The van der Waals surface area contributed by atoms with Crippen molar-refractivity contribution in [3.63, 3.8) is 0 Å². The molecule has 3 rings (SSSR count). The van der Waals surface area contributed by atoms with Crippen LogP contribution in [0.3, 0.4) is 0 Å². The van der Waals surface area contributed by atoms with E-state index in [4.69, 9.17) is 4.74 Å². The maximum Gasteiger partial charge on any atom is 0.160 e. The molecule has 3 heteroatoms. The quantitative estimate of drug-likeness (QED) is 0.576. The van der Waals surface area contributed by atoms with Gasteiger partial charge in [0, 0.05) is 10.9 Å². The molecule has 2 nitrogen and oxygen atoms in total. The number of Topliss-reactive ketones (excluding diaryl/α,β-unsaturated/α-hetero) is 1. The van der Waals surface area contributed by atoms with E-state index >= 15 is 0 Å². The van der Waals surface area contributed by atoms with Crippen molar-refractivity contribution >= 4 is 25.0 Å². The number of hydrogen-bond donors (Lipinski definition) is 0. The van der Waals surface area contributed by atoms with Gasteiger partial charge in [-0.15, -0.1) is 0 Å². The molecule has 1 aliphatic rings. The van der Waals surface area contributed by atoms with Crippen molar-refractivity contribution < 1.29 is 9.53 Å². The van der Waals surface area contributed by atoms with E-state index in [0.29, 0.717) is 14.5 Å². The molecule has 128 valence electrons. The van der Waals surface area contributed by atoms with Gasteiger partial charge in [0.2, 0.25) is 0 Å². The van der Waals surface area contributed by atoms with Crippen LogP contribution in [-0.2, 0) is 6.42 Å². The monoisotopic (exact) mass is 350 g/mol. The van der Waals surface area contributed by atoms with Crippen molar-refractivity contribution in [3.8, 4) is 5.75 Å². The van der Waals surface area contributed by atoms with Gasteiger partial charge in [-0.2, -0.15) is 0 Å². The Morgan fingerprint density at radius 1 is 1.12 bits per heavy atom. The zero-order chi connectivity index (χ0) is 17.6. The van der Waals surface area contributed by atoms with Crippen molar-refractivity contribution in [2.24, 2.45) is 5.92 Å². The van der Waals surface area contributed by atoms with Crippen LogP contribution >= 0.6 is 8.58 Å². The van der Waals surface area contributed by atoms with Gasteiger partial charge in [0.15, 0.2) is 5.78 Å². The molecule has 1 aliphatic carbocycles. The number of carbonyl (C=O) groups excluding carboxylic acids is 1. The van der Waals surface area contributed by atoms with Gasteiger partial charge in [-0.25, -0.2) is 0 Å². The van der Waals surface area contributed by atoms with E-state index < -0.39 is 0 Å². The summed E-state index contributed by atoms with van der Waals surface area (Å²) < 4.78 is 5.77. The molecule has 2 aromatic carbocycles. The van der Waals surface area contributed by atoms with Gasteiger partial charge < -0.3 is 4.74 Å². The number of para-hydroxylation sites is 1. The SMILES string of the molecule is COc1c(CC2C=CC=CC2)cccc1Pc1ccccc1C(C)=O. The molecular formula is C22H23O2P. The minimum Gasteiger partial charge on any atom is -0.496 e. The van der Waals surface area contributed by atoms with Crippen molar-refractivity contribution in [2.75, 3.05) is 7.11 Å². The molecule has 0 N–H and O–H groups in total. The smallest absolute Gasteiger partial charge is 0.160 e. The molecule has 0 saturated heterocycles. The Morgan fingerprint density at radius 3 is 2.64 bits per heavy atom. The first-order valence-corrected chi connectivity index (χ1v) is 9.55. The lowest BCUT2D eigenvalue weighted by atomic mass is 9.93. The van der Waals surface area contributed by atoms with Crippen LogP contribution in [0.4, 0.5) is 0 Å². The summed E-state index contributed by atoms with van der Waals surface area (Å²) in [4.78, 5) is 11.9. The third-order valence-electron chi connectivity index (χ3n) is 4.43. The van der Waals surface area contributed by atoms with Crippen LogP contribution in [-0.4, -0.2) is 12.9 Å². The largest absolute Gasteiger partial charge is 0.496 e. The summed E-state index contributed by atoms with van der Waals surface area (Å²) in [5, 5.41) is 2.23. The first-order chi connectivity index (χ1) is 12.2. The minimum absolute atomic E-state index is 0.109. The molecular weight excluding hydrogens is 327 g/mol. The van der Waals surface area contributed by atoms with Gasteiger partial charge in [-0.05, 0) is 36.6 Å². The molecule has 0 radical (unpaired) electrons. The molecule has 2 atom stereocenters. The number of benzene rings is 2. The average Bonchev–Trinajstić information content (AvgIpc) is 2.63. The number of allylic oxidation sites excluding steroid dienone is 4. The molecule has 2 aromatic rings. The summed E-state index contributed by atoms with van der Waals surface area (Å²) in [6, 6.07) is 14.2. The maximum atomic E-state index is 11.9. The van der Waals surface area contributed by atoms with Crippen molar-refractivity contribution in [2.45, 2.75) is 19.8 Å². The van der Waals surface area contributed by atoms with Gasteiger partial charge in [-0.3, -0.25) is 4.79 Å². The zero-order valence-corrected chi connectivity index (χ0v) is 15.7. The first kappa shape index (κ1) is 17.6. The second kappa shape index (κ2) is 8.27. The van der Waals surface area contributed by atoms with E-state index in [2.05, 4.69) is 42.5 Å². The fourth-order valence-electron chi connectivity index (χ4n) is 3.19. The Morgan fingerprint density at radius 2 is 1.92 bits per heavy atom. The maximum absolute atomic E-state index is 11.9. The molecule has 0 aliphatic heterocycles. The summed E-state index contributed by atoms with van der Waals surface area (Å²) in [6.07, 6.45) is 10.7. The molecule has 2 unspecified atom stereocenters. The van der Waals surface area contributed by atoms with E-state index in [-0.39, 0.29) is 5.78 Å². The standard InChI is InChI=1S/C22H23O2P/c1-16(23)19-12-6-7-13-20(19)25-21-14-8-11-18(22(21)24-2)15-17-9-4-3-5-10-17/h3-9,11-14,17,25H,10,15H2,1-2H3. The van der Waals surface area contributed by atoms with Crippen LogP contribution in [0.2, 0.25) is 0 Å². The van der Waals surface area contributed by atoms with E-state index in [1.54, 1.807) is 14.0 Å². The molecule has 25 heavy (non-hydrogen) atoms. The van der Waals surface area contributed by atoms with Gasteiger partial charge in [0.1, 0.15) is 5.75 Å². The summed E-state index contributed by atoms with van der Waals surface area (Å²) >= 11 is 0. The number of rotatable bonds is 6. The first-order valence-electron chi connectivity index (χ1n) is 8.55. The molecule has 0 fully saturated rings. The fraction of sp³-hybridized carbons (Fsp3) is 0.227. The third kappa shape index (κ3) is 4.27. The molecule has 0 saturated carbocycles. The van der Waals surface area contributed by atoms with Crippen LogP contribution in [0.25, 0.3) is 0 Å². The summed E-state index contributed by atoms with van der Waals surface area (Å²) in [5.74, 6) is 1.58. The Hall–Kier alpha value is -2.18. The molecule has 0 heterocycles. The lowest BCUT2D eigenvalue weighted by Gasteiger charge is -2.18. The van der Waals surface area contributed by atoms with E-state index in [1.807, 2.05) is 24.3 Å². The minimum atomic E-state index is 0.109. The summed E-state index contributed by atoms with van der Waals surface area (Å²) in [6.45, 7) is 1.62. The number of ketones is 1. The van der Waals surface area contributed by atoms with Crippen LogP contribution in [0, 0.1) is 5.92 Å².